The maximum atomic E-state index is 12.9. The van der Waals surface area contributed by atoms with Crippen LogP contribution in [0, 0.1) is 0 Å². The van der Waals surface area contributed by atoms with Crippen LogP contribution in [0.1, 0.15) is 54.9 Å². The van der Waals surface area contributed by atoms with Gasteiger partial charge in [0, 0.05) is 18.7 Å². The summed E-state index contributed by atoms with van der Waals surface area (Å²) in [5.74, 6) is 1.31. The summed E-state index contributed by atoms with van der Waals surface area (Å²) < 4.78 is 16.8. The maximum Gasteiger partial charge on any atom is 0.259 e. The van der Waals surface area contributed by atoms with Crippen LogP contribution < -0.4 is 4.74 Å². The second-order valence-electron chi connectivity index (χ2n) is 6.03. The first-order chi connectivity index (χ1) is 12.1. The molecule has 0 radical (unpaired) electrons. The van der Waals surface area contributed by atoms with E-state index in [4.69, 9.17) is 13.9 Å². The number of hydrogen-bond donors (Lipinski definition) is 0. The highest BCUT2D eigenvalue weighted by Gasteiger charge is 2.31. The highest BCUT2D eigenvalue weighted by atomic mass is 16.5. The Morgan fingerprint density at radius 3 is 3.00 bits per heavy atom. The molecule has 8 nitrogen and oxygen atoms in total. The zero-order chi connectivity index (χ0) is 17.8. The lowest BCUT2D eigenvalue weighted by Crippen LogP contribution is -2.42. The Labute approximate surface area is 146 Å². The summed E-state index contributed by atoms with van der Waals surface area (Å²) in [7, 11) is 0. The zero-order valence-corrected chi connectivity index (χ0v) is 14.6. The molecular weight excluding hydrogens is 324 g/mol. The van der Waals surface area contributed by atoms with Crippen molar-refractivity contribution in [2.45, 2.75) is 32.8 Å². The summed E-state index contributed by atoms with van der Waals surface area (Å²) in [5, 5.41) is 8.09. The molecule has 1 atom stereocenters. The van der Waals surface area contributed by atoms with Gasteiger partial charge >= 0.3 is 0 Å². The van der Waals surface area contributed by atoms with E-state index in [1.165, 1.54) is 0 Å². The Kier molecular flexibility index (Phi) is 5.28. The lowest BCUT2D eigenvalue weighted by molar-refractivity contribution is -0.0352. The summed E-state index contributed by atoms with van der Waals surface area (Å²) in [4.78, 5) is 18.7. The van der Waals surface area contributed by atoms with Crippen molar-refractivity contribution in [2.75, 3.05) is 26.3 Å². The fourth-order valence-electron chi connectivity index (χ4n) is 2.57. The number of carbonyl (C=O) groups is 1. The lowest BCUT2D eigenvalue weighted by atomic mass is 10.2. The van der Waals surface area contributed by atoms with Crippen LogP contribution in [0.4, 0.5) is 0 Å². The topological polar surface area (TPSA) is 90.6 Å². The third-order valence-corrected chi connectivity index (χ3v) is 3.86. The predicted octanol–water partition coefficient (Wildman–Crippen LogP) is 2.20. The van der Waals surface area contributed by atoms with E-state index in [0.29, 0.717) is 49.5 Å². The van der Waals surface area contributed by atoms with Crippen LogP contribution in [0.2, 0.25) is 0 Å². The highest BCUT2D eigenvalue weighted by molar-refractivity contribution is 5.96. The number of aromatic nitrogens is 3. The van der Waals surface area contributed by atoms with Crippen molar-refractivity contribution in [2.24, 2.45) is 0 Å². The van der Waals surface area contributed by atoms with Crippen LogP contribution >= 0.6 is 0 Å². The van der Waals surface area contributed by atoms with Crippen LogP contribution in [-0.2, 0) is 4.74 Å². The van der Waals surface area contributed by atoms with Crippen molar-refractivity contribution in [3.05, 3.63) is 35.7 Å². The number of carbonyl (C=O) groups excluding carboxylic acids is 1. The molecular formula is C17H22N4O4. The summed E-state index contributed by atoms with van der Waals surface area (Å²) in [5.41, 5.74) is 0.443. The van der Waals surface area contributed by atoms with E-state index in [0.717, 1.165) is 0 Å². The monoisotopic (exact) mass is 346 g/mol. The molecule has 0 aliphatic carbocycles. The van der Waals surface area contributed by atoms with Crippen molar-refractivity contribution < 1.29 is 18.7 Å². The molecule has 0 N–H and O–H groups in total. The van der Waals surface area contributed by atoms with E-state index in [2.05, 4.69) is 15.2 Å². The smallest absolute Gasteiger partial charge is 0.259 e. The fraction of sp³-hybridized carbons (Fsp3) is 0.529. The predicted molar refractivity (Wildman–Crippen MR) is 88.4 cm³/mol. The van der Waals surface area contributed by atoms with Crippen molar-refractivity contribution in [3.8, 4) is 5.88 Å². The van der Waals surface area contributed by atoms with Gasteiger partial charge in [0.15, 0.2) is 6.10 Å². The lowest BCUT2D eigenvalue weighted by Gasteiger charge is -2.31. The molecule has 3 heterocycles. The quantitative estimate of drug-likeness (QED) is 0.819. The normalized spacial score (nSPS) is 17.8. The molecule has 0 unspecified atom stereocenters. The Bertz CT molecular complexity index is 731. The average Bonchev–Trinajstić information content (AvgIpc) is 3.13. The molecule has 1 saturated heterocycles. The summed E-state index contributed by atoms with van der Waals surface area (Å²) in [6.45, 7) is 7.50. The van der Waals surface area contributed by atoms with Crippen LogP contribution in [0.25, 0.3) is 0 Å². The second-order valence-corrected chi connectivity index (χ2v) is 6.03. The number of rotatable bonds is 5. The molecule has 134 valence electrons. The molecule has 0 spiro atoms. The molecule has 1 amide bonds. The van der Waals surface area contributed by atoms with Crippen molar-refractivity contribution in [3.63, 3.8) is 0 Å². The van der Waals surface area contributed by atoms with Crippen molar-refractivity contribution >= 4 is 5.91 Å². The van der Waals surface area contributed by atoms with E-state index in [-0.39, 0.29) is 11.8 Å². The standard InChI is InChI=1S/C17H22N4O4/c1-4-23-15-12(6-5-7-18-15)17(22)21-8-9-24-13(10-21)16-20-19-14(25-16)11(2)3/h5-7,11,13H,4,8-10H2,1-3H3/t13-/m0/s1. The number of nitrogens with zero attached hydrogens (tertiary/aromatic N) is 4. The highest BCUT2D eigenvalue weighted by Crippen LogP contribution is 2.25. The van der Waals surface area contributed by atoms with Gasteiger partial charge in [0.05, 0.1) is 19.8 Å². The third kappa shape index (κ3) is 3.79. The summed E-state index contributed by atoms with van der Waals surface area (Å²) in [6.07, 6.45) is 1.18. The molecule has 2 aromatic rings. The Balaban J connectivity index is 1.75. The SMILES string of the molecule is CCOc1ncccc1C(=O)N1CCO[C@H](c2nnc(C(C)C)o2)C1. The Morgan fingerprint density at radius 2 is 2.28 bits per heavy atom. The summed E-state index contributed by atoms with van der Waals surface area (Å²) in [6, 6.07) is 3.44. The largest absolute Gasteiger partial charge is 0.477 e. The van der Waals surface area contributed by atoms with Gasteiger partial charge < -0.3 is 18.8 Å². The first-order valence-corrected chi connectivity index (χ1v) is 8.42. The second kappa shape index (κ2) is 7.60. The van der Waals surface area contributed by atoms with Gasteiger partial charge in [0.2, 0.25) is 17.7 Å². The van der Waals surface area contributed by atoms with Crippen LogP contribution in [0.5, 0.6) is 5.88 Å². The number of hydrogen-bond acceptors (Lipinski definition) is 7. The molecule has 2 aromatic heterocycles. The van der Waals surface area contributed by atoms with Gasteiger partial charge in [-0.1, -0.05) is 13.8 Å². The Hall–Kier alpha value is -2.48. The molecule has 0 bridgehead atoms. The van der Waals surface area contributed by atoms with Crippen LogP contribution in [-0.4, -0.2) is 52.3 Å². The van der Waals surface area contributed by atoms with Gasteiger partial charge in [-0.15, -0.1) is 10.2 Å². The first kappa shape index (κ1) is 17.3. The average molecular weight is 346 g/mol. The van der Waals surface area contributed by atoms with Gasteiger partial charge in [-0.05, 0) is 19.1 Å². The van der Waals surface area contributed by atoms with E-state index >= 15 is 0 Å². The van der Waals surface area contributed by atoms with E-state index in [9.17, 15) is 4.79 Å². The minimum Gasteiger partial charge on any atom is -0.477 e. The van der Waals surface area contributed by atoms with Gasteiger partial charge in [-0.25, -0.2) is 4.98 Å². The van der Waals surface area contributed by atoms with E-state index in [1.54, 1.807) is 23.2 Å². The van der Waals surface area contributed by atoms with Crippen molar-refractivity contribution in [1.29, 1.82) is 0 Å². The molecule has 25 heavy (non-hydrogen) atoms. The third-order valence-electron chi connectivity index (χ3n) is 3.86. The minimum atomic E-state index is -0.426. The number of amides is 1. The fourth-order valence-corrected chi connectivity index (χ4v) is 2.57. The molecule has 1 aliphatic heterocycles. The maximum absolute atomic E-state index is 12.9. The number of morpholine rings is 1. The molecule has 1 aliphatic rings. The molecule has 8 heteroatoms. The van der Waals surface area contributed by atoms with Gasteiger partial charge in [-0.2, -0.15) is 0 Å². The number of ether oxygens (including phenoxy) is 2. The molecule has 1 fully saturated rings. The molecule has 0 saturated carbocycles. The molecule has 0 aromatic carbocycles. The van der Waals surface area contributed by atoms with Crippen LogP contribution in [0.15, 0.2) is 22.7 Å². The van der Waals surface area contributed by atoms with E-state index < -0.39 is 6.10 Å². The van der Waals surface area contributed by atoms with Crippen molar-refractivity contribution in [1.82, 2.24) is 20.1 Å². The Morgan fingerprint density at radius 1 is 1.44 bits per heavy atom. The number of pyridine rings is 1. The van der Waals surface area contributed by atoms with Gasteiger partial charge in [0.1, 0.15) is 5.56 Å². The summed E-state index contributed by atoms with van der Waals surface area (Å²) >= 11 is 0. The van der Waals surface area contributed by atoms with Gasteiger partial charge in [-0.3, -0.25) is 4.79 Å². The zero-order valence-electron chi connectivity index (χ0n) is 14.6. The van der Waals surface area contributed by atoms with Crippen LogP contribution in [0.3, 0.4) is 0 Å². The first-order valence-electron chi connectivity index (χ1n) is 8.42. The van der Waals surface area contributed by atoms with E-state index in [1.807, 2.05) is 20.8 Å². The minimum absolute atomic E-state index is 0.145. The molecule has 3 rings (SSSR count). The van der Waals surface area contributed by atoms with Gasteiger partial charge in [0.25, 0.3) is 5.91 Å².